The zero-order chi connectivity index (χ0) is 18.2. The van der Waals surface area contributed by atoms with E-state index >= 15 is 0 Å². The Bertz CT molecular complexity index is 726. The van der Waals surface area contributed by atoms with Crippen LogP contribution in [0.2, 0.25) is 0 Å². The van der Waals surface area contributed by atoms with E-state index in [2.05, 4.69) is 5.32 Å². The van der Waals surface area contributed by atoms with E-state index in [1.807, 2.05) is 50.2 Å². The van der Waals surface area contributed by atoms with E-state index < -0.39 is 0 Å². The van der Waals surface area contributed by atoms with Crippen LogP contribution in [0, 0.1) is 6.92 Å². The number of rotatable bonds is 7. The Morgan fingerprint density at radius 1 is 1.08 bits per heavy atom. The number of ether oxygens (including phenoxy) is 1. The molecule has 5 heteroatoms. The van der Waals surface area contributed by atoms with Crippen LogP contribution < -0.4 is 15.0 Å². The van der Waals surface area contributed by atoms with Gasteiger partial charge in [-0.15, -0.1) is 0 Å². The molecule has 1 N–H and O–H groups in total. The number of nitrogens with zero attached hydrogens (tertiary/aromatic N) is 1. The molecule has 0 atom stereocenters. The van der Waals surface area contributed by atoms with Gasteiger partial charge in [-0.25, -0.2) is 0 Å². The molecule has 2 aromatic rings. The molecule has 0 saturated carbocycles. The Hall–Kier alpha value is -2.82. The van der Waals surface area contributed by atoms with Gasteiger partial charge in [0.05, 0.1) is 12.3 Å². The number of benzene rings is 2. The first-order chi connectivity index (χ1) is 12.0. The van der Waals surface area contributed by atoms with Gasteiger partial charge in [-0.2, -0.15) is 0 Å². The Morgan fingerprint density at radius 2 is 1.76 bits per heavy atom. The number of amides is 2. The highest BCUT2D eigenvalue weighted by atomic mass is 16.5. The second-order valence-electron chi connectivity index (χ2n) is 5.69. The van der Waals surface area contributed by atoms with Gasteiger partial charge in [-0.3, -0.25) is 9.59 Å². The third kappa shape index (κ3) is 5.08. The zero-order valence-corrected chi connectivity index (χ0v) is 14.9. The van der Waals surface area contributed by atoms with Gasteiger partial charge in [0.15, 0.2) is 0 Å². The van der Waals surface area contributed by atoms with Crippen molar-refractivity contribution in [1.82, 2.24) is 5.32 Å². The lowest BCUT2D eigenvalue weighted by Gasteiger charge is -2.23. The van der Waals surface area contributed by atoms with Gasteiger partial charge in [0, 0.05) is 25.6 Å². The predicted molar refractivity (Wildman–Crippen MR) is 99.2 cm³/mol. The average Bonchev–Trinajstić information content (AvgIpc) is 2.60. The average molecular weight is 340 g/mol. The number of hydrogen-bond acceptors (Lipinski definition) is 3. The molecule has 0 aliphatic rings. The van der Waals surface area contributed by atoms with Crippen LogP contribution in [0.15, 0.2) is 48.5 Å². The van der Waals surface area contributed by atoms with Crippen LogP contribution in [0.3, 0.4) is 0 Å². The number of aryl methyl sites for hydroxylation is 1. The number of para-hydroxylation sites is 2. The van der Waals surface area contributed by atoms with Gasteiger partial charge >= 0.3 is 0 Å². The molecule has 0 aliphatic carbocycles. The molecular formula is C20H24N2O3. The summed E-state index contributed by atoms with van der Waals surface area (Å²) >= 11 is 0. The topological polar surface area (TPSA) is 58.6 Å². The Balaban J connectivity index is 2.02. The molecule has 0 saturated heterocycles. The lowest BCUT2D eigenvalue weighted by molar-refractivity contribution is -0.116. The first-order valence-electron chi connectivity index (χ1n) is 8.37. The van der Waals surface area contributed by atoms with E-state index in [1.54, 1.807) is 17.0 Å². The van der Waals surface area contributed by atoms with E-state index in [-0.39, 0.29) is 11.8 Å². The minimum atomic E-state index is -0.151. The van der Waals surface area contributed by atoms with Crippen LogP contribution in [0.25, 0.3) is 0 Å². The molecule has 0 unspecified atom stereocenters. The van der Waals surface area contributed by atoms with Gasteiger partial charge in [0.2, 0.25) is 5.91 Å². The van der Waals surface area contributed by atoms with Gasteiger partial charge in [0.25, 0.3) is 5.91 Å². The van der Waals surface area contributed by atoms with E-state index in [9.17, 15) is 9.59 Å². The van der Waals surface area contributed by atoms with Crippen molar-refractivity contribution in [1.29, 1.82) is 0 Å². The van der Waals surface area contributed by atoms with E-state index in [1.165, 1.54) is 6.92 Å². The summed E-state index contributed by atoms with van der Waals surface area (Å²) in [5.41, 5.74) is 2.42. The molecule has 25 heavy (non-hydrogen) atoms. The van der Waals surface area contributed by atoms with Crippen LogP contribution >= 0.6 is 0 Å². The summed E-state index contributed by atoms with van der Waals surface area (Å²) in [6, 6.07) is 14.8. The molecule has 132 valence electrons. The second kappa shape index (κ2) is 8.87. The standard InChI is InChI=1S/C20H24N2O3/c1-4-25-19-8-6-5-7-18(19)22(16(3)23)14-13-21-20(24)17-11-9-15(2)10-12-17/h5-12H,4,13-14H2,1-3H3,(H,21,24). The summed E-state index contributed by atoms with van der Waals surface area (Å²) in [7, 11) is 0. The normalized spacial score (nSPS) is 10.2. The molecule has 0 heterocycles. The minimum Gasteiger partial charge on any atom is -0.492 e. The number of hydrogen-bond donors (Lipinski definition) is 1. The highest BCUT2D eigenvalue weighted by Crippen LogP contribution is 2.27. The van der Waals surface area contributed by atoms with Crippen molar-refractivity contribution in [3.63, 3.8) is 0 Å². The molecule has 0 fully saturated rings. The van der Waals surface area contributed by atoms with Crippen molar-refractivity contribution >= 4 is 17.5 Å². The summed E-state index contributed by atoms with van der Waals surface area (Å²) in [6.45, 7) is 6.63. The number of nitrogens with one attached hydrogen (secondary N) is 1. The summed E-state index contributed by atoms with van der Waals surface area (Å²) < 4.78 is 5.59. The van der Waals surface area contributed by atoms with Crippen LogP contribution in [0.5, 0.6) is 5.75 Å². The lowest BCUT2D eigenvalue weighted by atomic mass is 10.1. The SMILES string of the molecule is CCOc1ccccc1N(CCNC(=O)c1ccc(C)cc1)C(C)=O. The molecule has 0 radical (unpaired) electrons. The van der Waals surface area contributed by atoms with Gasteiger partial charge in [-0.05, 0) is 38.1 Å². The Labute approximate surface area is 148 Å². The zero-order valence-electron chi connectivity index (χ0n) is 14.9. The largest absolute Gasteiger partial charge is 0.492 e. The fourth-order valence-corrected chi connectivity index (χ4v) is 2.49. The molecule has 5 nitrogen and oxygen atoms in total. The fourth-order valence-electron chi connectivity index (χ4n) is 2.49. The van der Waals surface area contributed by atoms with E-state index in [0.29, 0.717) is 36.7 Å². The molecular weight excluding hydrogens is 316 g/mol. The van der Waals surface area contributed by atoms with Crippen molar-refractivity contribution in [2.75, 3.05) is 24.6 Å². The highest BCUT2D eigenvalue weighted by molar-refractivity contribution is 5.95. The summed E-state index contributed by atoms with van der Waals surface area (Å²) in [4.78, 5) is 25.8. The first kappa shape index (κ1) is 18.5. The molecule has 2 aromatic carbocycles. The van der Waals surface area contributed by atoms with Gasteiger partial charge in [0.1, 0.15) is 5.75 Å². The minimum absolute atomic E-state index is 0.100. The Kier molecular flexibility index (Phi) is 6.57. The van der Waals surface area contributed by atoms with Crippen molar-refractivity contribution in [2.45, 2.75) is 20.8 Å². The Morgan fingerprint density at radius 3 is 2.40 bits per heavy atom. The second-order valence-corrected chi connectivity index (χ2v) is 5.69. The summed E-state index contributed by atoms with van der Waals surface area (Å²) in [5.74, 6) is 0.406. The molecule has 2 rings (SSSR count). The lowest BCUT2D eigenvalue weighted by Crippen LogP contribution is -2.37. The van der Waals surface area contributed by atoms with E-state index in [0.717, 1.165) is 5.56 Å². The first-order valence-corrected chi connectivity index (χ1v) is 8.37. The number of anilines is 1. The van der Waals surface area contributed by atoms with Crippen molar-refractivity contribution in [3.8, 4) is 5.75 Å². The summed E-state index contributed by atoms with van der Waals surface area (Å²) in [5, 5.41) is 2.85. The van der Waals surface area contributed by atoms with Crippen LogP contribution in [-0.2, 0) is 4.79 Å². The molecule has 2 amide bonds. The van der Waals surface area contributed by atoms with Gasteiger partial charge in [-0.1, -0.05) is 29.8 Å². The third-order valence-corrected chi connectivity index (χ3v) is 3.77. The van der Waals surface area contributed by atoms with Gasteiger partial charge < -0.3 is 15.0 Å². The molecule has 0 aliphatic heterocycles. The van der Waals surface area contributed by atoms with Crippen molar-refractivity contribution < 1.29 is 14.3 Å². The molecule has 0 spiro atoms. The molecule has 0 bridgehead atoms. The van der Waals surface area contributed by atoms with Crippen LogP contribution in [0.4, 0.5) is 5.69 Å². The predicted octanol–water partition coefficient (Wildman–Crippen LogP) is 3.18. The van der Waals surface area contributed by atoms with E-state index in [4.69, 9.17) is 4.74 Å². The highest BCUT2D eigenvalue weighted by Gasteiger charge is 2.16. The maximum Gasteiger partial charge on any atom is 0.251 e. The summed E-state index contributed by atoms with van der Waals surface area (Å²) in [6.07, 6.45) is 0. The molecule has 0 aromatic heterocycles. The monoisotopic (exact) mass is 340 g/mol. The number of carbonyl (C=O) groups is 2. The fraction of sp³-hybridized carbons (Fsp3) is 0.300. The third-order valence-electron chi connectivity index (χ3n) is 3.77. The quantitative estimate of drug-likeness (QED) is 0.842. The van der Waals surface area contributed by atoms with Crippen molar-refractivity contribution in [2.24, 2.45) is 0 Å². The van der Waals surface area contributed by atoms with Crippen LogP contribution in [-0.4, -0.2) is 31.5 Å². The van der Waals surface area contributed by atoms with Crippen LogP contribution in [0.1, 0.15) is 29.8 Å². The number of carbonyl (C=O) groups excluding carboxylic acids is 2. The maximum absolute atomic E-state index is 12.2. The smallest absolute Gasteiger partial charge is 0.251 e. The maximum atomic E-state index is 12.2. The van der Waals surface area contributed by atoms with Crippen molar-refractivity contribution in [3.05, 3.63) is 59.7 Å².